The molecule has 3 rings (SSSR count). The van der Waals surface area contributed by atoms with Gasteiger partial charge in [0.05, 0.1) is 24.8 Å². The molecule has 2 aromatic heterocycles. The molecular weight excluding hydrogens is 308 g/mol. The zero-order valence-corrected chi connectivity index (χ0v) is 14.0. The van der Waals surface area contributed by atoms with Gasteiger partial charge in [-0.1, -0.05) is 6.07 Å². The van der Waals surface area contributed by atoms with Crippen LogP contribution in [0.5, 0.6) is 0 Å². The molecule has 0 unspecified atom stereocenters. The van der Waals surface area contributed by atoms with Crippen LogP contribution in [0.4, 0.5) is 5.82 Å². The van der Waals surface area contributed by atoms with Crippen LogP contribution in [0.25, 0.3) is 0 Å². The molecule has 1 aliphatic rings. The maximum atomic E-state index is 9.29. The number of nitriles is 1. The van der Waals surface area contributed by atoms with Gasteiger partial charge in [0.15, 0.2) is 0 Å². The molecule has 0 saturated carbocycles. The molecule has 5 nitrogen and oxygen atoms in total. The van der Waals surface area contributed by atoms with Gasteiger partial charge in [-0.25, -0.2) is 4.98 Å². The van der Waals surface area contributed by atoms with Crippen LogP contribution in [0.15, 0.2) is 35.8 Å². The predicted molar refractivity (Wildman–Crippen MR) is 91.7 cm³/mol. The van der Waals surface area contributed by atoms with E-state index < -0.39 is 0 Å². The van der Waals surface area contributed by atoms with Crippen LogP contribution < -0.4 is 4.90 Å². The zero-order valence-electron chi connectivity index (χ0n) is 13.2. The van der Waals surface area contributed by atoms with Crippen LogP contribution in [-0.2, 0) is 4.74 Å². The van der Waals surface area contributed by atoms with Crippen molar-refractivity contribution in [3.05, 3.63) is 46.3 Å². The third kappa shape index (κ3) is 3.70. The minimum Gasteiger partial charge on any atom is -0.379 e. The molecule has 0 bridgehead atoms. The highest BCUT2D eigenvalue weighted by Crippen LogP contribution is 2.28. The standard InChI is InChI=1S/C17H20N4OS/c1-20(17-14(12-18)4-2-6-19-17)13-15(16-5-3-11-23-16)21-7-9-22-10-8-21/h2-6,11,15H,7-10,13H2,1H3/t15-/m0/s1. The Morgan fingerprint density at radius 1 is 1.39 bits per heavy atom. The number of ether oxygens (including phenoxy) is 1. The zero-order chi connectivity index (χ0) is 16.1. The number of aromatic nitrogens is 1. The Morgan fingerprint density at radius 2 is 2.22 bits per heavy atom. The molecule has 1 saturated heterocycles. The smallest absolute Gasteiger partial charge is 0.146 e. The Labute approximate surface area is 140 Å². The maximum Gasteiger partial charge on any atom is 0.146 e. The molecule has 23 heavy (non-hydrogen) atoms. The van der Waals surface area contributed by atoms with Crippen LogP contribution in [0.2, 0.25) is 0 Å². The Kier molecular flexibility index (Phi) is 5.23. The van der Waals surface area contributed by atoms with Crippen molar-refractivity contribution in [2.45, 2.75) is 6.04 Å². The van der Waals surface area contributed by atoms with E-state index in [-0.39, 0.29) is 6.04 Å². The summed E-state index contributed by atoms with van der Waals surface area (Å²) >= 11 is 1.78. The number of rotatable bonds is 5. The first-order valence-electron chi connectivity index (χ1n) is 7.71. The van der Waals surface area contributed by atoms with Crippen molar-refractivity contribution >= 4 is 17.2 Å². The van der Waals surface area contributed by atoms with Gasteiger partial charge >= 0.3 is 0 Å². The van der Waals surface area contributed by atoms with E-state index in [1.807, 2.05) is 13.1 Å². The van der Waals surface area contributed by atoms with Gasteiger partial charge in [-0.3, -0.25) is 4.90 Å². The number of likely N-dealkylation sites (N-methyl/N-ethyl adjacent to an activating group) is 1. The van der Waals surface area contributed by atoms with Crippen molar-refractivity contribution in [1.82, 2.24) is 9.88 Å². The summed E-state index contributed by atoms with van der Waals surface area (Å²) in [5, 5.41) is 11.4. The highest BCUT2D eigenvalue weighted by atomic mass is 32.1. The molecule has 6 heteroatoms. The van der Waals surface area contributed by atoms with Crippen LogP contribution in [0.3, 0.4) is 0 Å². The predicted octanol–water partition coefficient (Wildman–Crippen LogP) is 2.52. The van der Waals surface area contributed by atoms with E-state index in [4.69, 9.17) is 4.74 Å². The van der Waals surface area contributed by atoms with Gasteiger partial charge in [0, 0.05) is 37.8 Å². The molecule has 1 aliphatic heterocycles. The third-order valence-corrected chi connectivity index (χ3v) is 5.05. The minimum atomic E-state index is 0.289. The van der Waals surface area contributed by atoms with Gasteiger partial charge in [-0.2, -0.15) is 5.26 Å². The highest BCUT2D eigenvalue weighted by molar-refractivity contribution is 7.10. The molecule has 1 atom stereocenters. The first kappa shape index (κ1) is 15.9. The van der Waals surface area contributed by atoms with E-state index in [1.165, 1.54) is 4.88 Å². The number of hydrogen-bond acceptors (Lipinski definition) is 6. The summed E-state index contributed by atoms with van der Waals surface area (Å²) < 4.78 is 5.49. The molecule has 120 valence electrons. The van der Waals surface area contributed by atoms with Gasteiger partial charge in [-0.15, -0.1) is 11.3 Å². The molecule has 0 spiro atoms. The van der Waals surface area contributed by atoms with Crippen molar-refractivity contribution in [2.24, 2.45) is 0 Å². The topological polar surface area (TPSA) is 52.4 Å². The summed E-state index contributed by atoms with van der Waals surface area (Å²) in [5.41, 5.74) is 0.613. The van der Waals surface area contributed by atoms with Crippen LogP contribution in [0, 0.1) is 11.3 Å². The monoisotopic (exact) mass is 328 g/mol. The molecule has 3 heterocycles. The summed E-state index contributed by atoms with van der Waals surface area (Å²) in [6.07, 6.45) is 1.74. The summed E-state index contributed by atoms with van der Waals surface area (Å²) in [6, 6.07) is 10.4. The minimum absolute atomic E-state index is 0.289. The van der Waals surface area contributed by atoms with Gasteiger partial charge in [0.2, 0.25) is 0 Å². The lowest BCUT2D eigenvalue weighted by atomic mass is 10.1. The van der Waals surface area contributed by atoms with Crippen molar-refractivity contribution < 1.29 is 4.74 Å². The van der Waals surface area contributed by atoms with E-state index in [0.717, 1.165) is 38.7 Å². The van der Waals surface area contributed by atoms with E-state index in [9.17, 15) is 5.26 Å². The number of pyridine rings is 1. The van der Waals surface area contributed by atoms with Crippen LogP contribution in [-0.4, -0.2) is 49.8 Å². The normalized spacial score (nSPS) is 16.7. The molecule has 0 amide bonds. The summed E-state index contributed by atoms with van der Waals surface area (Å²) in [5.74, 6) is 0.741. The van der Waals surface area contributed by atoms with Crippen LogP contribution in [0.1, 0.15) is 16.5 Å². The largest absolute Gasteiger partial charge is 0.379 e. The molecule has 1 fully saturated rings. The lowest BCUT2D eigenvalue weighted by molar-refractivity contribution is 0.0183. The number of anilines is 1. The van der Waals surface area contributed by atoms with E-state index in [2.05, 4.69) is 38.4 Å². The number of thiophene rings is 1. The van der Waals surface area contributed by atoms with Gasteiger partial charge in [0.1, 0.15) is 11.9 Å². The fourth-order valence-electron chi connectivity index (χ4n) is 2.89. The number of morpholine rings is 1. The number of hydrogen-bond donors (Lipinski definition) is 0. The maximum absolute atomic E-state index is 9.29. The average Bonchev–Trinajstić information content (AvgIpc) is 3.14. The van der Waals surface area contributed by atoms with Gasteiger partial charge in [0.25, 0.3) is 0 Å². The number of nitrogens with zero attached hydrogens (tertiary/aromatic N) is 4. The Hall–Kier alpha value is -1.94. The summed E-state index contributed by atoms with van der Waals surface area (Å²) in [6.45, 7) is 4.22. The lowest BCUT2D eigenvalue weighted by Crippen LogP contribution is -2.43. The highest BCUT2D eigenvalue weighted by Gasteiger charge is 2.25. The second-order valence-electron chi connectivity index (χ2n) is 5.55. The molecular formula is C17H20N4OS. The molecule has 0 N–H and O–H groups in total. The molecule has 2 aromatic rings. The Morgan fingerprint density at radius 3 is 2.91 bits per heavy atom. The van der Waals surface area contributed by atoms with Crippen molar-refractivity contribution in [1.29, 1.82) is 5.26 Å². The van der Waals surface area contributed by atoms with E-state index in [0.29, 0.717) is 5.56 Å². The third-order valence-electron chi connectivity index (χ3n) is 4.07. The van der Waals surface area contributed by atoms with Crippen LogP contribution >= 0.6 is 11.3 Å². The molecule has 0 aromatic carbocycles. The average molecular weight is 328 g/mol. The SMILES string of the molecule is CN(C[C@@H](c1cccs1)N1CCOCC1)c1ncccc1C#N. The van der Waals surface area contributed by atoms with E-state index >= 15 is 0 Å². The summed E-state index contributed by atoms with van der Waals surface area (Å²) in [7, 11) is 2.00. The van der Waals surface area contributed by atoms with Crippen molar-refractivity contribution in [3.63, 3.8) is 0 Å². The fraction of sp³-hybridized carbons (Fsp3) is 0.412. The van der Waals surface area contributed by atoms with Gasteiger partial charge < -0.3 is 9.64 Å². The quantitative estimate of drug-likeness (QED) is 0.844. The summed E-state index contributed by atoms with van der Waals surface area (Å²) in [4.78, 5) is 10.3. The van der Waals surface area contributed by atoms with Crippen molar-refractivity contribution in [2.75, 3.05) is 44.8 Å². The van der Waals surface area contributed by atoms with Crippen molar-refractivity contribution in [3.8, 4) is 6.07 Å². The fourth-order valence-corrected chi connectivity index (χ4v) is 3.74. The van der Waals surface area contributed by atoms with E-state index in [1.54, 1.807) is 23.6 Å². The first-order chi connectivity index (χ1) is 11.3. The second kappa shape index (κ2) is 7.55. The molecule has 0 aliphatic carbocycles. The molecule has 0 radical (unpaired) electrons. The first-order valence-corrected chi connectivity index (χ1v) is 8.59. The Balaban J connectivity index is 1.82. The second-order valence-corrected chi connectivity index (χ2v) is 6.53. The van der Waals surface area contributed by atoms with Gasteiger partial charge in [-0.05, 0) is 23.6 Å². The Bertz CT molecular complexity index is 661. The lowest BCUT2D eigenvalue weighted by Gasteiger charge is -2.36.